The molecule has 1 heterocycles. The van der Waals surface area contributed by atoms with Crippen molar-refractivity contribution in [3.8, 4) is 0 Å². The van der Waals surface area contributed by atoms with Crippen LogP contribution >= 0.6 is 12.4 Å². The van der Waals surface area contributed by atoms with Crippen LogP contribution < -0.4 is 10.6 Å². The van der Waals surface area contributed by atoms with Crippen molar-refractivity contribution in [1.82, 2.24) is 5.32 Å². The molecule has 0 aromatic heterocycles. The summed E-state index contributed by atoms with van der Waals surface area (Å²) in [5, 5.41) is 6.39. The Morgan fingerprint density at radius 3 is 2.89 bits per heavy atom. The van der Waals surface area contributed by atoms with E-state index in [1.165, 1.54) is 30.5 Å². The van der Waals surface area contributed by atoms with E-state index in [9.17, 15) is 4.79 Å². The number of carbonyl (C=O) groups excluding carboxylic acids is 1. The number of carbonyl (C=O) groups is 1. The predicted octanol–water partition coefficient (Wildman–Crippen LogP) is 3.00. The van der Waals surface area contributed by atoms with Gasteiger partial charge in [-0.2, -0.15) is 0 Å². The number of nitrogens with one attached hydrogen (secondary N) is 2. The molecule has 3 rings (SSSR count). The molecule has 0 atom stereocenters. The molecule has 2 aliphatic rings. The molecular formula is C15H21ClN2O. The molecule has 2 N–H and O–H groups in total. The van der Waals surface area contributed by atoms with Crippen LogP contribution in [0.25, 0.3) is 0 Å². The molecule has 0 unspecified atom stereocenters. The first-order chi connectivity index (χ1) is 8.72. The molecule has 1 aliphatic carbocycles. The van der Waals surface area contributed by atoms with Gasteiger partial charge in [0, 0.05) is 24.3 Å². The Balaban J connectivity index is 0.00000133. The van der Waals surface area contributed by atoms with Crippen LogP contribution in [0.4, 0.5) is 5.69 Å². The highest BCUT2D eigenvalue weighted by atomic mass is 35.5. The SMILES string of the molecule is CCC1(CNC(=O)c2ccc3c(c2)CCN3)CC1.Cl. The van der Waals surface area contributed by atoms with E-state index in [0.29, 0.717) is 5.41 Å². The zero-order chi connectivity index (χ0) is 12.6. The second kappa shape index (κ2) is 5.41. The number of benzene rings is 1. The minimum absolute atomic E-state index is 0. The Labute approximate surface area is 120 Å². The van der Waals surface area contributed by atoms with E-state index >= 15 is 0 Å². The number of anilines is 1. The maximum absolute atomic E-state index is 12.1. The van der Waals surface area contributed by atoms with Crippen molar-refractivity contribution in [2.45, 2.75) is 32.6 Å². The predicted molar refractivity (Wildman–Crippen MR) is 80.2 cm³/mol. The topological polar surface area (TPSA) is 41.1 Å². The molecule has 0 saturated heterocycles. The Morgan fingerprint density at radius 2 is 2.21 bits per heavy atom. The molecule has 1 fully saturated rings. The van der Waals surface area contributed by atoms with E-state index in [0.717, 1.165) is 25.1 Å². The summed E-state index contributed by atoms with van der Waals surface area (Å²) in [5.74, 6) is 0.0735. The molecule has 1 aromatic rings. The second-order valence-electron chi connectivity index (χ2n) is 5.58. The number of fused-ring (bicyclic) bond motifs is 1. The standard InChI is InChI=1S/C15H20N2O.ClH/c1-2-15(6-7-15)10-17-14(18)12-3-4-13-11(9-12)5-8-16-13;/h3-4,9,16H,2,5-8,10H2,1H3,(H,17,18);1H. The molecule has 1 amide bonds. The van der Waals surface area contributed by atoms with Crippen LogP contribution in [-0.4, -0.2) is 19.0 Å². The van der Waals surface area contributed by atoms with Gasteiger partial charge in [-0.1, -0.05) is 6.92 Å². The first-order valence-electron chi connectivity index (χ1n) is 6.87. The molecular weight excluding hydrogens is 260 g/mol. The molecule has 3 nitrogen and oxygen atoms in total. The van der Waals surface area contributed by atoms with Gasteiger partial charge in [-0.15, -0.1) is 12.4 Å². The van der Waals surface area contributed by atoms with Gasteiger partial charge in [0.25, 0.3) is 5.91 Å². The monoisotopic (exact) mass is 280 g/mol. The van der Waals surface area contributed by atoms with Gasteiger partial charge in [-0.25, -0.2) is 0 Å². The Kier molecular flexibility index (Phi) is 4.04. The van der Waals surface area contributed by atoms with Gasteiger partial charge in [0.05, 0.1) is 0 Å². The summed E-state index contributed by atoms with van der Waals surface area (Å²) in [6, 6.07) is 5.96. The fourth-order valence-electron chi connectivity index (χ4n) is 2.65. The summed E-state index contributed by atoms with van der Waals surface area (Å²) in [4.78, 5) is 12.1. The van der Waals surface area contributed by atoms with Crippen LogP contribution in [0.1, 0.15) is 42.1 Å². The summed E-state index contributed by atoms with van der Waals surface area (Å²) >= 11 is 0. The number of rotatable bonds is 4. The zero-order valence-electron chi connectivity index (χ0n) is 11.3. The van der Waals surface area contributed by atoms with Crippen molar-refractivity contribution in [3.63, 3.8) is 0 Å². The van der Waals surface area contributed by atoms with Crippen LogP contribution in [0.5, 0.6) is 0 Å². The first-order valence-corrected chi connectivity index (χ1v) is 6.87. The third-order valence-corrected chi connectivity index (χ3v) is 4.41. The quantitative estimate of drug-likeness (QED) is 0.890. The molecule has 0 spiro atoms. The van der Waals surface area contributed by atoms with Gasteiger partial charge < -0.3 is 10.6 Å². The minimum Gasteiger partial charge on any atom is -0.384 e. The van der Waals surface area contributed by atoms with Gasteiger partial charge in [0.15, 0.2) is 0 Å². The van der Waals surface area contributed by atoms with E-state index in [2.05, 4.69) is 17.6 Å². The van der Waals surface area contributed by atoms with Gasteiger partial charge in [-0.3, -0.25) is 4.79 Å². The lowest BCUT2D eigenvalue weighted by Crippen LogP contribution is -2.30. The largest absolute Gasteiger partial charge is 0.384 e. The van der Waals surface area contributed by atoms with Crippen molar-refractivity contribution in [1.29, 1.82) is 0 Å². The van der Waals surface area contributed by atoms with Gasteiger partial charge >= 0.3 is 0 Å². The minimum atomic E-state index is 0. The van der Waals surface area contributed by atoms with E-state index in [-0.39, 0.29) is 18.3 Å². The van der Waals surface area contributed by atoms with Crippen LogP contribution in [0.2, 0.25) is 0 Å². The highest BCUT2D eigenvalue weighted by Crippen LogP contribution is 2.47. The van der Waals surface area contributed by atoms with Crippen LogP contribution in [0.15, 0.2) is 18.2 Å². The number of hydrogen-bond donors (Lipinski definition) is 2. The van der Waals surface area contributed by atoms with Crippen molar-refractivity contribution < 1.29 is 4.79 Å². The molecule has 4 heteroatoms. The molecule has 104 valence electrons. The van der Waals surface area contributed by atoms with Crippen LogP contribution in [0.3, 0.4) is 0 Å². The van der Waals surface area contributed by atoms with Crippen LogP contribution in [0, 0.1) is 5.41 Å². The average molecular weight is 281 g/mol. The fraction of sp³-hybridized carbons (Fsp3) is 0.533. The average Bonchev–Trinajstić information content (AvgIpc) is 3.04. The lowest BCUT2D eigenvalue weighted by atomic mass is 10.0. The maximum Gasteiger partial charge on any atom is 0.251 e. The highest BCUT2D eigenvalue weighted by Gasteiger charge is 2.40. The fourth-order valence-corrected chi connectivity index (χ4v) is 2.65. The third-order valence-electron chi connectivity index (χ3n) is 4.41. The normalized spacial score (nSPS) is 17.9. The third kappa shape index (κ3) is 2.86. The number of amides is 1. The van der Waals surface area contributed by atoms with Crippen molar-refractivity contribution in [2.24, 2.45) is 5.41 Å². The summed E-state index contributed by atoms with van der Waals surface area (Å²) < 4.78 is 0. The van der Waals surface area contributed by atoms with E-state index in [1.807, 2.05) is 18.2 Å². The van der Waals surface area contributed by atoms with E-state index < -0.39 is 0 Å². The van der Waals surface area contributed by atoms with E-state index in [1.54, 1.807) is 0 Å². The van der Waals surface area contributed by atoms with Crippen molar-refractivity contribution in [2.75, 3.05) is 18.4 Å². The lowest BCUT2D eigenvalue weighted by Gasteiger charge is -2.13. The van der Waals surface area contributed by atoms with Crippen molar-refractivity contribution in [3.05, 3.63) is 29.3 Å². The molecule has 1 saturated carbocycles. The lowest BCUT2D eigenvalue weighted by molar-refractivity contribution is 0.0944. The number of hydrogen-bond acceptors (Lipinski definition) is 2. The molecule has 0 bridgehead atoms. The summed E-state index contributed by atoms with van der Waals surface area (Å²) in [7, 11) is 0. The summed E-state index contributed by atoms with van der Waals surface area (Å²) in [6.07, 6.45) is 4.71. The van der Waals surface area contributed by atoms with Crippen molar-refractivity contribution >= 4 is 24.0 Å². The maximum atomic E-state index is 12.1. The van der Waals surface area contributed by atoms with Gasteiger partial charge in [0.2, 0.25) is 0 Å². The summed E-state index contributed by atoms with van der Waals surface area (Å²) in [5.41, 5.74) is 3.65. The first kappa shape index (κ1) is 14.2. The smallest absolute Gasteiger partial charge is 0.251 e. The van der Waals surface area contributed by atoms with Gasteiger partial charge in [0.1, 0.15) is 0 Å². The molecule has 0 radical (unpaired) electrons. The Bertz CT molecular complexity index is 483. The Hall–Kier alpha value is -1.22. The highest BCUT2D eigenvalue weighted by molar-refractivity contribution is 5.95. The zero-order valence-corrected chi connectivity index (χ0v) is 12.1. The van der Waals surface area contributed by atoms with Crippen LogP contribution in [-0.2, 0) is 6.42 Å². The molecule has 19 heavy (non-hydrogen) atoms. The Morgan fingerprint density at radius 1 is 1.42 bits per heavy atom. The second-order valence-corrected chi connectivity index (χ2v) is 5.58. The molecule has 1 aliphatic heterocycles. The summed E-state index contributed by atoms with van der Waals surface area (Å²) in [6.45, 7) is 4.03. The number of halogens is 1. The van der Waals surface area contributed by atoms with Gasteiger partial charge in [-0.05, 0) is 54.9 Å². The van der Waals surface area contributed by atoms with E-state index in [4.69, 9.17) is 0 Å². The molecule has 1 aromatic carbocycles.